The molecular weight excluding hydrogens is 239 g/mol. The standard InChI is InChI=1S/C17H27FO/c1-11(10-17(4,5)6)7-15(19)14-8-12(2)16(18)13(3)9-14/h8-9,11,15,19H,7,10H2,1-6H3. The molecule has 19 heavy (non-hydrogen) atoms. The van der Waals surface area contributed by atoms with Gasteiger partial charge in [0.15, 0.2) is 0 Å². The highest BCUT2D eigenvalue weighted by Crippen LogP contribution is 2.31. The number of aryl methyl sites for hydroxylation is 2. The van der Waals surface area contributed by atoms with E-state index in [4.69, 9.17) is 0 Å². The van der Waals surface area contributed by atoms with Gasteiger partial charge in [0.05, 0.1) is 6.10 Å². The first-order valence-electron chi connectivity index (χ1n) is 7.05. The average molecular weight is 266 g/mol. The number of halogens is 1. The predicted molar refractivity (Wildman–Crippen MR) is 78.7 cm³/mol. The second-order valence-corrected chi connectivity index (χ2v) is 7.09. The van der Waals surface area contributed by atoms with Crippen LogP contribution in [0.15, 0.2) is 12.1 Å². The van der Waals surface area contributed by atoms with E-state index in [1.165, 1.54) is 0 Å². The summed E-state index contributed by atoms with van der Waals surface area (Å²) in [6, 6.07) is 3.52. The summed E-state index contributed by atoms with van der Waals surface area (Å²) in [6.45, 7) is 12.3. The van der Waals surface area contributed by atoms with Crippen molar-refractivity contribution in [2.75, 3.05) is 0 Å². The molecule has 0 heterocycles. The number of benzene rings is 1. The van der Waals surface area contributed by atoms with Crippen molar-refractivity contribution >= 4 is 0 Å². The van der Waals surface area contributed by atoms with Crippen LogP contribution in [0.3, 0.4) is 0 Å². The topological polar surface area (TPSA) is 20.2 Å². The highest BCUT2D eigenvalue weighted by molar-refractivity contribution is 5.31. The van der Waals surface area contributed by atoms with Crippen molar-refractivity contribution in [3.63, 3.8) is 0 Å². The van der Waals surface area contributed by atoms with Crippen molar-refractivity contribution in [3.8, 4) is 0 Å². The molecule has 0 saturated heterocycles. The van der Waals surface area contributed by atoms with Crippen LogP contribution in [0, 0.1) is 31.0 Å². The summed E-state index contributed by atoms with van der Waals surface area (Å²) in [5, 5.41) is 10.3. The van der Waals surface area contributed by atoms with Gasteiger partial charge >= 0.3 is 0 Å². The summed E-state index contributed by atoms with van der Waals surface area (Å²) in [7, 11) is 0. The lowest BCUT2D eigenvalue weighted by Gasteiger charge is -2.25. The van der Waals surface area contributed by atoms with Crippen LogP contribution in [0.5, 0.6) is 0 Å². The SMILES string of the molecule is Cc1cc(C(O)CC(C)CC(C)(C)C)cc(C)c1F. The molecule has 0 spiro atoms. The molecule has 0 bridgehead atoms. The number of aliphatic hydroxyl groups excluding tert-OH is 1. The molecule has 2 heteroatoms. The molecule has 0 aromatic heterocycles. The van der Waals surface area contributed by atoms with Crippen molar-refractivity contribution in [2.45, 2.75) is 60.5 Å². The summed E-state index contributed by atoms with van der Waals surface area (Å²) < 4.78 is 13.6. The lowest BCUT2D eigenvalue weighted by molar-refractivity contribution is 0.134. The summed E-state index contributed by atoms with van der Waals surface area (Å²) in [5.74, 6) is 0.277. The molecule has 2 unspecified atom stereocenters. The van der Waals surface area contributed by atoms with Crippen molar-refractivity contribution in [1.82, 2.24) is 0 Å². The highest BCUT2D eigenvalue weighted by atomic mass is 19.1. The van der Waals surface area contributed by atoms with Gasteiger partial charge in [-0.25, -0.2) is 4.39 Å². The van der Waals surface area contributed by atoms with E-state index >= 15 is 0 Å². The van der Waals surface area contributed by atoms with E-state index in [1.54, 1.807) is 26.0 Å². The zero-order valence-electron chi connectivity index (χ0n) is 13.0. The maximum atomic E-state index is 13.6. The van der Waals surface area contributed by atoms with Crippen molar-refractivity contribution in [1.29, 1.82) is 0 Å². The normalized spacial score (nSPS) is 15.4. The molecule has 0 aliphatic carbocycles. The van der Waals surface area contributed by atoms with Gasteiger partial charge in [-0.15, -0.1) is 0 Å². The van der Waals surface area contributed by atoms with Gasteiger partial charge < -0.3 is 5.11 Å². The van der Waals surface area contributed by atoms with Crippen LogP contribution in [-0.4, -0.2) is 5.11 Å². The fourth-order valence-electron chi connectivity index (χ4n) is 2.82. The van der Waals surface area contributed by atoms with Crippen molar-refractivity contribution < 1.29 is 9.50 Å². The molecule has 0 amide bonds. The monoisotopic (exact) mass is 266 g/mol. The largest absolute Gasteiger partial charge is 0.388 e. The van der Waals surface area contributed by atoms with Gasteiger partial charge in [0.1, 0.15) is 5.82 Å². The molecule has 108 valence electrons. The number of hydrogen-bond donors (Lipinski definition) is 1. The molecule has 1 aromatic carbocycles. The Kier molecular flexibility index (Phi) is 5.14. The van der Waals surface area contributed by atoms with Crippen LogP contribution in [0.1, 0.15) is 63.3 Å². The van der Waals surface area contributed by atoms with Crippen LogP contribution in [0.25, 0.3) is 0 Å². The zero-order valence-corrected chi connectivity index (χ0v) is 13.0. The Hall–Kier alpha value is -0.890. The van der Waals surface area contributed by atoms with Gasteiger partial charge in [0.2, 0.25) is 0 Å². The van der Waals surface area contributed by atoms with Crippen LogP contribution >= 0.6 is 0 Å². The first kappa shape index (κ1) is 16.2. The maximum absolute atomic E-state index is 13.6. The Morgan fingerprint density at radius 2 is 1.63 bits per heavy atom. The second kappa shape index (κ2) is 6.04. The molecule has 0 aliphatic heterocycles. The summed E-state index contributed by atoms with van der Waals surface area (Å²) in [4.78, 5) is 0. The molecule has 0 saturated carbocycles. The van der Waals surface area contributed by atoms with E-state index in [0.717, 1.165) is 18.4 Å². The summed E-state index contributed by atoms with van der Waals surface area (Å²) in [6.07, 6.45) is 1.29. The smallest absolute Gasteiger partial charge is 0.129 e. The Morgan fingerprint density at radius 1 is 1.16 bits per heavy atom. The fourth-order valence-corrected chi connectivity index (χ4v) is 2.82. The molecule has 0 aliphatic rings. The molecule has 1 aromatic rings. The highest BCUT2D eigenvalue weighted by Gasteiger charge is 2.19. The fraction of sp³-hybridized carbons (Fsp3) is 0.647. The average Bonchev–Trinajstić information content (AvgIpc) is 2.22. The van der Waals surface area contributed by atoms with Crippen LogP contribution in [-0.2, 0) is 0 Å². The van der Waals surface area contributed by atoms with Crippen LogP contribution in [0.2, 0.25) is 0 Å². The van der Waals surface area contributed by atoms with Crippen molar-refractivity contribution in [3.05, 3.63) is 34.6 Å². The molecule has 0 fully saturated rings. The molecular formula is C17H27FO. The van der Waals surface area contributed by atoms with Gasteiger partial charge in [-0.3, -0.25) is 0 Å². The van der Waals surface area contributed by atoms with Crippen molar-refractivity contribution in [2.24, 2.45) is 11.3 Å². The van der Waals surface area contributed by atoms with Crippen LogP contribution in [0.4, 0.5) is 4.39 Å². The van der Waals surface area contributed by atoms with E-state index in [1.807, 2.05) is 0 Å². The molecule has 0 radical (unpaired) electrons. The maximum Gasteiger partial charge on any atom is 0.129 e. The Morgan fingerprint density at radius 3 is 2.05 bits per heavy atom. The van der Waals surface area contributed by atoms with Gasteiger partial charge in [0, 0.05) is 0 Å². The first-order valence-corrected chi connectivity index (χ1v) is 7.05. The van der Waals surface area contributed by atoms with Gasteiger partial charge in [-0.1, -0.05) is 39.8 Å². The first-order chi connectivity index (χ1) is 8.60. The Balaban J connectivity index is 2.76. The molecule has 2 atom stereocenters. The van der Waals surface area contributed by atoms with E-state index < -0.39 is 6.10 Å². The third kappa shape index (κ3) is 4.94. The van der Waals surface area contributed by atoms with E-state index in [9.17, 15) is 9.50 Å². The number of rotatable bonds is 4. The zero-order chi connectivity index (χ0) is 14.8. The molecule has 1 rings (SSSR count). The summed E-state index contributed by atoms with van der Waals surface area (Å²) in [5.41, 5.74) is 2.32. The Labute approximate surface area is 116 Å². The Bertz CT molecular complexity index is 408. The molecule has 1 nitrogen and oxygen atoms in total. The predicted octanol–water partition coefficient (Wildman–Crippen LogP) is 4.94. The minimum atomic E-state index is -0.504. The molecule has 1 N–H and O–H groups in total. The second-order valence-electron chi connectivity index (χ2n) is 7.09. The third-order valence-electron chi connectivity index (χ3n) is 3.43. The lowest BCUT2D eigenvalue weighted by Crippen LogP contribution is -2.14. The van der Waals surface area contributed by atoms with Gasteiger partial charge in [-0.05, 0) is 54.7 Å². The van der Waals surface area contributed by atoms with Gasteiger partial charge in [-0.2, -0.15) is 0 Å². The van der Waals surface area contributed by atoms with Gasteiger partial charge in [0.25, 0.3) is 0 Å². The van der Waals surface area contributed by atoms with Crippen LogP contribution < -0.4 is 0 Å². The van der Waals surface area contributed by atoms with E-state index in [-0.39, 0.29) is 11.2 Å². The number of hydrogen-bond acceptors (Lipinski definition) is 1. The minimum absolute atomic E-state index is 0.168. The van der Waals surface area contributed by atoms with E-state index in [0.29, 0.717) is 17.0 Å². The number of aliphatic hydroxyl groups is 1. The van der Waals surface area contributed by atoms with E-state index in [2.05, 4.69) is 27.7 Å². The minimum Gasteiger partial charge on any atom is -0.388 e. The quantitative estimate of drug-likeness (QED) is 0.818. The lowest BCUT2D eigenvalue weighted by atomic mass is 9.82. The third-order valence-corrected chi connectivity index (χ3v) is 3.43. The summed E-state index contributed by atoms with van der Waals surface area (Å²) >= 11 is 0.